The van der Waals surface area contributed by atoms with Crippen LogP contribution in [0.1, 0.15) is 17.3 Å². The number of carbonyl (C=O) groups excluding carboxylic acids is 1. The quantitative estimate of drug-likeness (QED) is 0.845. The third-order valence-corrected chi connectivity index (χ3v) is 2.94. The molecule has 0 saturated carbocycles. The highest BCUT2D eigenvalue weighted by Crippen LogP contribution is 2.27. The zero-order valence-electron chi connectivity index (χ0n) is 10.9. The molecular weight excluding hydrogens is 278 g/mol. The number of hydrogen-bond acceptors (Lipinski definition) is 3. The number of rotatable bonds is 4. The monoisotopic (exact) mass is 291 g/mol. The number of para-hydroxylation sites is 2. The Labute approximate surface area is 122 Å². The normalized spacial score (nSPS) is 10.1. The lowest BCUT2D eigenvalue weighted by Gasteiger charge is -2.09. The van der Waals surface area contributed by atoms with Gasteiger partial charge in [0.1, 0.15) is 11.5 Å². The Bertz CT molecular complexity index is 628. The van der Waals surface area contributed by atoms with E-state index in [-0.39, 0.29) is 11.7 Å². The van der Waals surface area contributed by atoms with Crippen LogP contribution in [0.2, 0.25) is 5.02 Å². The van der Waals surface area contributed by atoms with E-state index in [0.29, 0.717) is 28.6 Å². The van der Waals surface area contributed by atoms with Gasteiger partial charge in [-0.1, -0.05) is 23.7 Å². The number of ether oxygens (including phenoxy) is 1. The second kappa shape index (κ2) is 6.30. The third-order valence-electron chi connectivity index (χ3n) is 2.65. The molecule has 2 aromatic rings. The Morgan fingerprint density at radius 1 is 1.30 bits per heavy atom. The SMILES string of the molecule is CCOc1ccc(C(=O)Nc2ccccc2O)cc1Cl. The van der Waals surface area contributed by atoms with Crippen molar-refractivity contribution in [1.29, 1.82) is 0 Å². The van der Waals surface area contributed by atoms with Crippen LogP contribution in [0.4, 0.5) is 5.69 Å². The van der Waals surface area contributed by atoms with Gasteiger partial charge in [-0.05, 0) is 37.3 Å². The fraction of sp³-hybridized carbons (Fsp3) is 0.133. The molecule has 2 N–H and O–H groups in total. The lowest BCUT2D eigenvalue weighted by Crippen LogP contribution is -2.12. The summed E-state index contributed by atoms with van der Waals surface area (Å²) >= 11 is 6.03. The summed E-state index contributed by atoms with van der Waals surface area (Å²) in [5.74, 6) is 0.197. The van der Waals surface area contributed by atoms with Crippen LogP contribution >= 0.6 is 11.6 Å². The van der Waals surface area contributed by atoms with E-state index in [1.165, 1.54) is 12.1 Å². The minimum atomic E-state index is -0.351. The summed E-state index contributed by atoms with van der Waals surface area (Å²) in [5.41, 5.74) is 0.740. The number of phenols is 1. The van der Waals surface area contributed by atoms with Gasteiger partial charge in [0, 0.05) is 5.56 Å². The van der Waals surface area contributed by atoms with Gasteiger partial charge in [0.05, 0.1) is 17.3 Å². The Kier molecular flexibility index (Phi) is 4.48. The summed E-state index contributed by atoms with van der Waals surface area (Å²) in [7, 11) is 0. The smallest absolute Gasteiger partial charge is 0.255 e. The molecule has 4 nitrogen and oxygen atoms in total. The van der Waals surface area contributed by atoms with Crippen LogP contribution < -0.4 is 10.1 Å². The first kappa shape index (κ1) is 14.2. The lowest BCUT2D eigenvalue weighted by atomic mass is 10.2. The van der Waals surface area contributed by atoms with Gasteiger partial charge in [-0.25, -0.2) is 0 Å². The van der Waals surface area contributed by atoms with Gasteiger partial charge in [0.2, 0.25) is 0 Å². The summed E-state index contributed by atoms with van der Waals surface area (Å²) in [6.45, 7) is 2.36. The zero-order chi connectivity index (χ0) is 14.5. The average Bonchev–Trinajstić information content (AvgIpc) is 2.43. The molecule has 0 bridgehead atoms. The molecule has 0 atom stereocenters. The molecule has 1 amide bonds. The van der Waals surface area contributed by atoms with Crippen LogP contribution in [0.25, 0.3) is 0 Å². The largest absolute Gasteiger partial charge is 0.506 e. The molecule has 0 spiro atoms. The van der Waals surface area contributed by atoms with E-state index in [4.69, 9.17) is 16.3 Å². The summed E-state index contributed by atoms with van der Waals surface area (Å²) < 4.78 is 5.31. The fourth-order valence-corrected chi connectivity index (χ4v) is 1.92. The first-order valence-electron chi connectivity index (χ1n) is 6.13. The molecule has 0 unspecified atom stereocenters. The van der Waals surface area contributed by atoms with Crippen LogP contribution in [0.5, 0.6) is 11.5 Å². The molecule has 2 rings (SSSR count). The number of carbonyl (C=O) groups is 1. The standard InChI is InChI=1S/C15H14ClNO3/c1-2-20-14-8-7-10(9-11(14)16)15(19)17-12-5-3-4-6-13(12)18/h3-9,18H,2H2,1H3,(H,17,19). The molecule has 5 heteroatoms. The summed E-state index contributed by atoms with van der Waals surface area (Å²) in [6.07, 6.45) is 0. The van der Waals surface area contributed by atoms with Crippen LogP contribution in [0, 0.1) is 0 Å². The minimum absolute atomic E-state index is 0.0119. The highest BCUT2D eigenvalue weighted by Gasteiger charge is 2.11. The molecule has 0 fully saturated rings. The fourth-order valence-electron chi connectivity index (χ4n) is 1.69. The summed E-state index contributed by atoms with van der Waals surface area (Å²) in [4.78, 5) is 12.1. The minimum Gasteiger partial charge on any atom is -0.506 e. The molecule has 0 saturated heterocycles. The van der Waals surface area contributed by atoms with Crippen molar-refractivity contribution < 1.29 is 14.6 Å². The van der Waals surface area contributed by atoms with Gasteiger partial charge >= 0.3 is 0 Å². The number of benzene rings is 2. The molecule has 2 aromatic carbocycles. The topological polar surface area (TPSA) is 58.6 Å². The Hall–Kier alpha value is -2.20. The first-order chi connectivity index (χ1) is 9.61. The molecule has 20 heavy (non-hydrogen) atoms. The van der Waals surface area contributed by atoms with Crippen molar-refractivity contribution in [3.05, 3.63) is 53.1 Å². The lowest BCUT2D eigenvalue weighted by molar-refractivity contribution is 0.102. The number of nitrogens with one attached hydrogen (secondary N) is 1. The average molecular weight is 292 g/mol. The van der Waals surface area contributed by atoms with Gasteiger partial charge < -0.3 is 15.2 Å². The molecule has 0 radical (unpaired) electrons. The van der Waals surface area contributed by atoms with Crippen molar-refractivity contribution >= 4 is 23.2 Å². The van der Waals surface area contributed by atoms with Crippen molar-refractivity contribution in [1.82, 2.24) is 0 Å². The van der Waals surface area contributed by atoms with Gasteiger partial charge in [0.25, 0.3) is 5.91 Å². The molecule has 0 aliphatic heterocycles. The van der Waals surface area contributed by atoms with E-state index in [9.17, 15) is 9.90 Å². The second-order valence-corrected chi connectivity index (χ2v) is 4.46. The number of hydrogen-bond donors (Lipinski definition) is 2. The number of anilines is 1. The molecule has 104 valence electrons. The van der Waals surface area contributed by atoms with Crippen LogP contribution in [0.15, 0.2) is 42.5 Å². The highest BCUT2D eigenvalue weighted by molar-refractivity contribution is 6.32. The first-order valence-corrected chi connectivity index (χ1v) is 6.51. The van der Waals surface area contributed by atoms with E-state index in [0.717, 1.165) is 0 Å². The number of amides is 1. The van der Waals surface area contributed by atoms with E-state index < -0.39 is 0 Å². The van der Waals surface area contributed by atoms with E-state index >= 15 is 0 Å². The molecule has 0 aliphatic rings. The Morgan fingerprint density at radius 2 is 2.05 bits per heavy atom. The highest BCUT2D eigenvalue weighted by atomic mass is 35.5. The second-order valence-electron chi connectivity index (χ2n) is 4.05. The number of phenolic OH excluding ortho intramolecular Hbond substituents is 1. The Morgan fingerprint density at radius 3 is 2.70 bits per heavy atom. The predicted molar refractivity (Wildman–Crippen MR) is 78.7 cm³/mol. The van der Waals surface area contributed by atoms with Crippen molar-refractivity contribution in [3.8, 4) is 11.5 Å². The number of halogens is 1. The van der Waals surface area contributed by atoms with E-state index in [1.807, 2.05) is 6.92 Å². The zero-order valence-corrected chi connectivity index (χ0v) is 11.6. The van der Waals surface area contributed by atoms with Crippen molar-refractivity contribution in [2.75, 3.05) is 11.9 Å². The Balaban J connectivity index is 2.18. The maximum atomic E-state index is 12.1. The van der Waals surface area contributed by atoms with Gasteiger partial charge in [-0.15, -0.1) is 0 Å². The summed E-state index contributed by atoms with van der Waals surface area (Å²) in [6, 6.07) is 11.3. The van der Waals surface area contributed by atoms with Gasteiger partial charge in [-0.3, -0.25) is 4.79 Å². The van der Waals surface area contributed by atoms with Crippen molar-refractivity contribution in [2.24, 2.45) is 0 Å². The molecular formula is C15H14ClNO3. The maximum absolute atomic E-state index is 12.1. The molecule has 0 aliphatic carbocycles. The van der Waals surface area contributed by atoms with E-state index in [2.05, 4.69) is 5.32 Å². The van der Waals surface area contributed by atoms with Crippen LogP contribution in [-0.4, -0.2) is 17.6 Å². The molecule has 0 heterocycles. The predicted octanol–water partition coefficient (Wildman–Crippen LogP) is 3.70. The maximum Gasteiger partial charge on any atom is 0.255 e. The van der Waals surface area contributed by atoms with E-state index in [1.54, 1.807) is 30.3 Å². The van der Waals surface area contributed by atoms with Gasteiger partial charge in [0.15, 0.2) is 0 Å². The van der Waals surface area contributed by atoms with Gasteiger partial charge in [-0.2, -0.15) is 0 Å². The molecule has 0 aromatic heterocycles. The van der Waals surface area contributed by atoms with Crippen LogP contribution in [0.3, 0.4) is 0 Å². The third kappa shape index (κ3) is 3.22. The van der Waals surface area contributed by atoms with Crippen molar-refractivity contribution in [3.63, 3.8) is 0 Å². The van der Waals surface area contributed by atoms with Crippen molar-refractivity contribution in [2.45, 2.75) is 6.92 Å². The summed E-state index contributed by atoms with van der Waals surface area (Å²) in [5, 5.41) is 12.6. The number of aromatic hydroxyl groups is 1. The van der Waals surface area contributed by atoms with Crippen LogP contribution in [-0.2, 0) is 0 Å².